The maximum Gasteiger partial charge on any atom is 0.410 e. The minimum Gasteiger partial charge on any atom is -0.507 e. The Kier molecular flexibility index (Phi) is 4.56. The van der Waals surface area contributed by atoms with Crippen molar-refractivity contribution in [2.75, 3.05) is 13.2 Å². The molecule has 0 unspecified atom stereocenters. The van der Waals surface area contributed by atoms with Gasteiger partial charge in [-0.1, -0.05) is 12.7 Å². The summed E-state index contributed by atoms with van der Waals surface area (Å²) >= 11 is 0. The van der Waals surface area contributed by atoms with Crippen molar-refractivity contribution in [2.24, 2.45) is 0 Å². The van der Waals surface area contributed by atoms with Crippen LogP contribution in [-0.4, -0.2) is 35.5 Å². The first-order valence-electron chi connectivity index (χ1n) is 7.85. The molecule has 0 spiro atoms. The fourth-order valence-electron chi connectivity index (χ4n) is 3.03. The van der Waals surface area contributed by atoms with E-state index in [4.69, 9.17) is 9.15 Å². The van der Waals surface area contributed by atoms with E-state index in [1.165, 1.54) is 17.0 Å². The van der Waals surface area contributed by atoms with E-state index in [9.17, 15) is 19.5 Å². The second-order valence-electron chi connectivity index (χ2n) is 5.73. The van der Waals surface area contributed by atoms with Gasteiger partial charge < -0.3 is 19.2 Å². The van der Waals surface area contributed by atoms with Crippen LogP contribution in [-0.2, 0) is 17.7 Å². The highest BCUT2D eigenvalue weighted by Crippen LogP contribution is 2.30. The lowest BCUT2D eigenvalue weighted by Gasteiger charge is -2.19. The molecule has 2 aromatic rings. The molecular formula is C18H17NO6. The average molecular weight is 343 g/mol. The van der Waals surface area contributed by atoms with E-state index < -0.39 is 11.7 Å². The topological polar surface area (TPSA) is 97.0 Å². The highest BCUT2D eigenvalue weighted by atomic mass is 16.6. The summed E-state index contributed by atoms with van der Waals surface area (Å²) in [5.74, 6) is -0.242. The van der Waals surface area contributed by atoms with E-state index in [0.717, 1.165) is 5.56 Å². The Morgan fingerprint density at radius 2 is 2.20 bits per heavy atom. The number of carbonyl (C=O) groups excluding carboxylic acids is 2. The number of amides is 1. The Morgan fingerprint density at radius 1 is 1.40 bits per heavy atom. The van der Waals surface area contributed by atoms with Gasteiger partial charge in [-0.25, -0.2) is 9.59 Å². The Hall–Kier alpha value is -3.09. The Labute approximate surface area is 143 Å². The first kappa shape index (κ1) is 16.8. The van der Waals surface area contributed by atoms with Crippen LogP contribution in [0.1, 0.15) is 27.9 Å². The summed E-state index contributed by atoms with van der Waals surface area (Å²) in [6, 6.07) is 3.01. The number of nitrogens with zero attached hydrogens (tertiary/aromatic N) is 1. The van der Waals surface area contributed by atoms with Crippen molar-refractivity contribution >= 4 is 23.3 Å². The molecule has 130 valence electrons. The molecule has 1 amide bonds. The summed E-state index contributed by atoms with van der Waals surface area (Å²) in [5, 5.41) is 10.4. The predicted octanol–water partition coefficient (Wildman–Crippen LogP) is 2.38. The van der Waals surface area contributed by atoms with Gasteiger partial charge in [0.1, 0.15) is 12.4 Å². The molecule has 0 atom stereocenters. The third-order valence-electron chi connectivity index (χ3n) is 4.21. The molecule has 1 aliphatic heterocycles. The molecule has 1 aromatic carbocycles. The summed E-state index contributed by atoms with van der Waals surface area (Å²) in [5.41, 5.74) is 0.487. The number of benzene rings is 1. The molecule has 0 saturated heterocycles. The van der Waals surface area contributed by atoms with Crippen molar-refractivity contribution in [1.82, 2.24) is 4.90 Å². The van der Waals surface area contributed by atoms with E-state index in [-0.39, 0.29) is 30.0 Å². The van der Waals surface area contributed by atoms with Crippen molar-refractivity contribution in [3.63, 3.8) is 0 Å². The number of phenolic OH excluding ortho intramolecular Hbond substituents is 1. The number of rotatable bonds is 3. The second kappa shape index (κ2) is 6.80. The Balaban J connectivity index is 2.10. The highest BCUT2D eigenvalue weighted by Gasteiger charge is 2.25. The quantitative estimate of drug-likeness (QED) is 0.522. The number of hydrogen-bond acceptors (Lipinski definition) is 6. The second-order valence-corrected chi connectivity index (χ2v) is 5.73. The summed E-state index contributed by atoms with van der Waals surface area (Å²) in [6.07, 6.45) is 2.59. The van der Waals surface area contributed by atoms with E-state index in [1.807, 2.05) is 0 Å². The molecule has 25 heavy (non-hydrogen) atoms. The molecule has 0 saturated carbocycles. The number of carbonyl (C=O) groups is 2. The average Bonchev–Trinajstić information content (AvgIpc) is 2.83. The number of aromatic hydroxyl groups is 1. The van der Waals surface area contributed by atoms with Crippen molar-refractivity contribution < 1.29 is 23.8 Å². The monoisotopic (exact) mass is 343 g/mol. The molecular weight excluding hydrogens is 326 g/mol. The van der Waals surface area contributed by atoms with E-state index in [1.54, 1.807) is 6.07 Å². The summed E-state index contributed by atoms with van der Waals surface area (Å²) < 4.78 is 10.3. The van der Waals surface area contributed by atoms with Crippen LogP contribution < -0.4 is 5.63 Å². The molecule has 0 fully saturated rings. The summed E-state index contributed by atoms with van der Waals surface area (Å²) in [4.78, 5) is 37.2. The number of aryl methyl sites for hydroxylation is 1. The van der Waals surface area contributed by atoms with E-state index >= 15 is 0 Å². The van der Waals surface area contributed by atoms with Crippen LogP contribution in [0.25, 0.3) is 11.0 Å². The fourth-order valence-corrected chi connectivity index (χ4v) is 3.03. The largest absolute Gasteiger partial charge is 0.507 e. The maximum absolute atomic E-state index is 12.4. The first-order valence-corrected chi connectivity index (χ1v) is 7.85. The molecule has 1 aliphatic rings. The molecule has 3 rings (SSSR count). The normalized spacial score (nSPS) is 13.8. The van der Waals surface area contributed by atoms with Gasteiger partial charge in [-0.15, -0.1) is 0 Å². The molecule has 0 bridgehead atoms. The molecule has 0 radical (unpaired) electrons. The minimum absolute atomic E-state index is 0.0519. The first-order chi connectivity index (χ1) is 12.1. The van der Waals surface area contributed by atoms with Gasteiger partial charge in [-0.3, -0.25) is 4.79 Å². The third kappa shape index (κ3) is 3.00. The zero-order chi connectivity index (χ0) is 18.0. The lowest BCUT2D eigenvalue weighted by Crippen LogP contribution is -2.32. The number of aldehydes is 1. The number of ether oxygens (including phenoxy) is 1. The van der Waals surface area contributed by atoms with Crippen LogP contribution >= 0.6 is 0 Å². The third-order valence-corrected chi connectivity index (χ3v) is 4.21. The van der Waals surface area contributed by atoms with Crippen LogP contribution in [0, 0.1) is 0 Å². The van der Waals surface area contributed by atoms with Gasteiger partial charge in [0.05, 0.1) is 17.7 Å². The standard InChI is InChI=1S/C18H17NO6/c1-2-8-24-18(23)19-7-3-4-11-12-5-6-15(21)14(10-20)16(12)25-17(22)13(11)9-19/h2,5-6,10,21H,1,3-4,7-9H2. The number of hydrogen-bond donors (Lipinski definition) is 1. The minimum atomic E-state index is -0.625. The number of phenols is 1. The van der Waals surface area contributed by atoms with Gasteiger partial charge >= 0.3 is 11.7 Å². The number of fused-ring (bicyclic) bond motifs is 3. The molecule has 1 N–H and O–H groups in total. The van der Waals surface area contributed by atoms with Gasteiger partial charge in [0.2, 0.25) is 0 Å². The Bertz CT molecular complexity index is 914. The van der Waals surface area contributed by atoms with Crippen LogP contribution in [0.4, 0.5) is 4.79 Å². The molecule has 0 aliphatic carbocycles. The van der Waals surface area contributed by atoms with Crippen LogP contribution in [0.3, 0.4) is 0 Å². The van der Waals surface area contributed by atoms with Crippen LogP contribution in [0.15, 0.2) is 34.0 Å². The van der Waals surface area contributed by atoms with Gasteiger partial charge in [-0.2, -0.15) is 0 Å². The van der Waals surface area contributed by atoms with Gasteiger partial charge in [0.25, 0.3) is 0 Å². The lowest BCUT2D eigenvalue weighted by molar-refractivity contribution is 0.110. The smallest absolute Gasteiger partial charge is 0.410 e. The predicted molar refractivity (Wildman–Crippen MR) is 89.8 cm³/mol. The maximum atomic E-state index is 12.4. The fraction of sp³-hybridized carbons (Fsp3) is 0.278. The van der Waals surface area contributed by atoms with Gasteiger partial charge in [-0.05, 0) is 30.5 Å². The van der Waals surface area contributed by atoms with Crippen LogP contribution in [0.2, 0.25) is 0 Å². The Morgan fingerprint density at radius 3 is 2.92 bits per heavy atom. The molecule has 7 heteroatoms. The zero-order valence-corrected chi connectivity index (χ0v) is 13.5. The highest BCUT2D eigenvalue weighted by molar-refractivity contribution is 5.98. The summed E-state index contributed by atoms with van der Waals surface area (Å²) in [7, 11) is 0. The molecule has 7 nitrogen and oxygen atoms in total. The molecule has 1 aromatic heterocycles. The molecule has 2 heterocycles. The van der Waals surface area contributed by atoms with Gasteiger partial charge in [0, 0.05) is 11.9 Å². The van der Waals surface area contributed by atoms with Crippen molar-refractivity contribution in [2.45, 2.75) is 19.4 Å². The van der Waals surface area contributed by atoms with E-state index in [0.29, 0.717) is 36.6 Å². The summed E-state index contributed by atoms with van der Waals surface area (Å²) in [6.45, 7) is 4.09. The zero-order valence-electron chi connectivity index (χ0n) is 13.5. The van der Waals surface area contributed by atoms with Crippen molar-refractivity contribution in [3.05, 3.63) is 51.9 Å². The van der Waals surface area contributed by atoms with Gasteiger partial charge in [0.15, 0.2) is 11.9 Å². The van der Waals surface area contributed by atoms with Crippen molar-refractivity contribution in [1.29, 1.82) is 0 Å². The van der Waals surface area contributed by atoms with Crippen molar-refractivity contribution in [3.8, 4) is 5.75 Å². The SMILES string of the molecule is C=CCOC(=O)N1CCCc2c(c(=O)oc3c(C=O)c(O)ccc23)C1. The lowest BCUT2D eigenvalue weighted by atomic mass is 9.99. The van der Waals surface area contributed by atoms with E-state index in [2.05, 4.69) is 6.58 Å². The van der Waals surface area contributed by atoms with Crippen LogP contribution in [0.5, 0.6) is 5.75 Å².